The molecule has 0 saturated heterocycles. The van der Waals surface area contributed by atoms with Crippen LogP contribution < -0.4 is 25.5 Å². The third-order valence-corrected chi connectivity index (χ3v) is 4.02. The Kier molecular flexibility index (Phi) is 10.2. The number of amides is 3. The average Bonchev–Trinajstić information content (AvgIpc) is 2.81. The van der Waals surface area contributed by atoms with Crippen LogP contribution >= 0.6 is 0 Å². The van der Waals surface area contributed by atoms with Gasteiger partial charge in [0.15, 0.2) is 6.61 Å². The second-order valence-corrected chi connectivity index (χ2v) is 6.44. The van der Waals surface area contributed by atoms with Gasteiger partial charge in [-0.25, -0.2) is 5.43 Å². The van der Waals surface area contributed by atoms with Gasteiger partial charge < -0.3 is 24.8 Å². The molecule has 3 N–H and O–H groups in total. The highest BCUT2D eigenvalue weighted by Gasteiger charge is 2.11. The number of anilines is 1. The number of benzene rings is 2. The summed E-state index contributed by atoms with van der Waals surface area (Å²) in [6, 6.07) is 13.7. The SMILES string of the molecule is COCCCNC(=O)C(=O)N/N=C\c1ccc(OCC(=O)Nc2ccc(OC)cc2)cc1. The predicted octanol–water partition coefficient (Wildman–Crippen LogP) is 1.32. The van der Waals surface area contributed by atoms with E-state index in [-0.39, 0.29) is 12.5 Å². The smallest absolute Gasteiger partial charge is 0.329 e. The number of nitrogens with zero attached hydrogens (tertiary/aromatic N) is 1. The Morgan fingerprint density at radius 3 is 2.28 bits per heavy atom. The van der Waals surface area contributed by atoms with Crippen LogP contribution in [0.15, 0.2) is 53.6 Å². The quantitative estimate of drug-likeness (QED) is 0.208. The maximum absolute atomic E-state index is 12.0. The summed E-state index contributed by atoms with van der Waals surface area (Å²) < 4.78 is 15.4. The number of methoxy groups -OCH3 is 2. The van der Waals surface area contributed by atoms with Gasteiger partial charge in [-0.3, -0.25) is 14.4 Å². The fourth-order valence-electron chi connectivity index (χ4n) is 2.39. The molecule has 2 aromatic carbocycles. The number of hydrazone groups is 1. The van der Waals surface area contributed by atoms with Crippen molar-refractivity contribution in [3.8, 4) is 11.5 Å². The van der Waals surface area contributed by atoms with Gasteiger partial charge in [0.05, 0.1) is 13.3 Å². The van der Waals surface area contributed by atoms with Crippen molar-refractivity contribution >= 4 is 29.6 Å². The van der Waals surface area contributed by atoms with Crippen LogP contribution in [0.5, 0.6) is 11.5 Å². The monoisotopic (exact) mass is 442 g/mol. The maximum Gasteiger partial charge on any atom is 0.329 e. The molecular weight excluding hydrogens is 416 g/mol. The summed E-state index contributed by atoms with van der Waals surface area (Å²) in [6.07, 6.45) is 1.99. The number of nitrogens with one attached hydrogen (secondary N) is 3. The van der Waals surface area contributed by atoms with Crippen molar-refractivity contribution in [3.63, 3.8) is 0 Å². The summed E-state index contributed by atoms with van der Waals surface area (Å²) in [7, 11) is 3.13. The lowest BCUT2D eigenvalue weighted by atomic mass is 10.2. The van der Waals surface area contributed by atoms with Crippen LogP contribution in [0.3, 0.4) is 0 Å². The lowest BCUT2D eigenvalue weighted by Crippen LogP contribution is -2.38. The third kappa shape index (κ3) is 8.84. The molecule has 0 atom stereocenters. The van der Waals surface area contributed by atoms with E-state index in [1.807, 2.05) is 0 Å². The van der Waals surface area contributed by atoms with Crippen LogP contribution in [0.4, 0.5) is 5.69 Å². The fraction of sp³-hybridized carbons (Fsp3) is 0.273. The Morgan fingerprint density at radius 2 is 1.62 bits per heavy atom. The van der Waals surface area contributed by atoms with E-state index in [1.54, 1.807) is 62.8 Å². The number of carbonyl (C=O) groups excluding carboxylic acids is 3. The zero-order valence-corrected chi connectivity index (χ0v) is 17.9. The zero-order valence-electron chi connectivity index (χ0n) is 17.9. The molecule has 0 aliphatic rings. The van der Waals surface area contributed by atoms with E-state index in [9.17, 15) is 14.4 Å². The topological polar surface area (TPSA) is 127 Å². The highest BCUT2D eigenvalue weighted by atomic mass is 16.5. The molecule has 0 bridgehead atoms. The van der Waals surface area contributed by atoms with Crippen molar-refractivity contribution < 1.29 is 28.6 Å². The van der Waals surface area contributed by atoms with Crippen molar-refractivity contribution in [2.24, 2.45) is 5.10 Å². The average molecular weight is 442 g/mol. The molecule has 0 aliphatic carbocycles. The fourth-order valence-corrected chi connectivity index (χ4v) is 2.39. The first-order valence-electron chi connectivity index (χ1n) is 9.78. The van der Waals surface area contributed by atoms with Crippen LogP contribution in [0.25, 0.3) is 0 Å². The van der Waals surface area contributed by atoms with Gasteiger partial charge in [-0.1, -0.05) is 0 Å². The van der Waals surface area contributed by atoms with Crippen molar-refractivity contribution in [2.45, 2.75) is 6.42 Å². The molecule has 0 fully saturated rings. The van der Waals surface area contributed by atoms with Gasteiger partial charge in [0.2, 0.25) is 0 Å². The van der Waals surface area contributed by atoms with E-state index in [0.29, 0.717) is 42.3 Å². The van der Waals surface area contributed by atoms with Crippen molar-refractivity contribution in [1.82, 2.24) is 10.7 Å². The molecule has 32 heavy (non-hydrogen) atoms. The third-order valence-electron chi connectivity index (χ3n) is 4.02. The molecule has 0 heterocycles. The van der Waals surface area contributed by atoms with Gasteiger partial charge in [0.1, 0.15) is 11.5 Å². The number of hydrogen-bond acceptors (Lipinski definition) is 7. The Hall–Kier alpha value is -3.92. The first kappa shape index (κ1) is 24.4. The molecule has 2 aromatic rings. The predicted molar refractivity (Wildman–Crippen MR) is 119 cm³/mol. The minimum Gasteiger partial charge on any atom is -0.497 e. The van der Waals surface area contributed by atoms with Crippen LogP contribution in [0.2, 0.25) is 0 Å². The zero-order chi connectivity index (χ0) is 23.2. The van der Waals surface area contributed by atoms with E-state index < -0.39 is 11.8 Å². The Bertz CT molecular complexity index is 913. The summed E-state index contributed by atoms with van der Waals surface area (Å²) in [5.74, 6) is -0.740. The molecule has 3 amide bonds. The van der Waals surface area contributed by atoms with Crippen LogP contribution in [-0.2, 0) is 19.1 Å². The number of ether oxygens (including phenoxy) is 3. The second kappa shape index (κ2) is 13.4. The summed E-state index contributed by atoms with van der Waals surface area (Å²) in [4.78, 5) is 35.2. The molecule has 170 valence electrons. The molecule has 0 spiro atoms. The van der Waals surface area contributed by atoms with Crippen LogP contribution in [0, 0.1) is 0 Å². The van der Waals surface area contributed by atoms with Crippen LogP contribution in [0.1, 0.15) is 12.0 Å². The Balaban J connectivity index is 1.72. The number of carbonyl (C=O) groups is 3. The lowest BCUT2D eigenvalue weighted by Gasteiger charge is -2.08. The minimum atomic E-state index is -0.860. The van der Waals surface area contributed by atoms with Gasteiger partial charge in [-0.15, -0.1) is 0 Å². The van der Waals surface area contributed by atoms with Crippen molar-refractivity contribution in [3.05, 3.63) is 54.1 Å². The van der Waals surface area contributed by atoms with Gasteiger partial charge >= 0.3 is 11.8 Å². The standard InChI is InChI=1S/C22H26N4O6/c1-30-13-3-12-23-21(28)22(29)26-24-14-16-4-8-19(9-5-16)32-15-20(27)25-17-6-10-18(31-2)11-7-17/h4-11,14H,3,12-13,15H2,1-2H3,(H,23,28)(H,25,27)(H,26,29)/b24-14-. The maximum atomic E-state index is 12.0. The van der Waals surface area contributed by atoms with Gasteiger partial charge in [-0.2, -0.15) is 5.10 Å². The van der Waals surface area contributed by atoms with Gasteiger partial charge in [0.25, 0.3) is 5.91 Å². The molecule has 0 aliphatic heterocycles. The van der Waals surface area contributed by atoms with E-state index in [1.165, 1.54) is 6.21 Å². The Morgan fingerprint density at radius 1 is 0.938 bits per heavy atom. The normalized spacial score (nSPS) is 10.4. The highest BCUT2D eigenvalue weighted by molar-refractivity contribution is 6.35. The minimum absolute atomic E-state index is 0.158. The summed E-state index contributed by atoms with van der Waals surface area (Å²) >= 11 is 0. The molecule has 0 saturated carbocycles. The van der Waals surface area contributed by atoms with E-state index >= 15 is 0 Å². The molecule has 10 heteroatoms. The first-order chi connectivity index (χ1) is 15.5. The van der Waals surface area contributed by atoms with E-state index in [2.05, 4.69) is 21.2 Å². The van der Waals surface area contributed by atoms with Gasteiger partial charge in [0, 0.05) is 25.9 Å². The van der Waals surface area contributed by atoms with E-state index in [4.69, 9.17) is 14.2 Å². The molecule has 10 nitrogen and oxygen atoms in total. The molecule has 2 rings (SSSR count). The molecule has 0 aromatic heterocycles. The second-order valence-electron chi connectivity index (χ2n) is 6.44. The lowest BCUT2D eigenvalue weighted by molar-refractivity contribution is -0.139. The molecular formula is C22H26N4O6. The van der Waals surface area contributed by atoms with Gasteiger partial charge in [-0.05, 0) is 60.5 Å². The van der Waals surface area contributed by atoms with Crippen molar-refractivity contribution in [1.29, 1.82) is 0 Å². The van der Waals surface area contributed by atoms with E-state index in [0.717, 1.165) is 0 Å². The summed E-state index contributed by atoms with van der Waals surface area (Å²) in [5, 5.41) is 8.92. The number of hydrogen-bond donors (Lipinski definition) is 3. The molecule has 0 radical (unpaired) electrons. The number of rotatable bonds is 11. The Labute approximate surface area is 185 Å². The summed E-state index contributed by atoms with van der Waals surface area (Å²) in [5.41, 5.74) is 3.46. The van der Waals surface area contributed by atoms with Crippen LogP contribution in [-0.4, -0.2) is 57.9 Å². The van der Waals surface area contributed by atoms with Crippen molar-refractivity contribution in [2.75, 3.05) is 39.3 Å². The molecule has 0 unspecified atom stereocenters. The summed E-state index contributed by atoms with van der Waals surface area (Å²) in [6.45, 7) is 0.672. The highest BCUT2D eigenvalue weighted by Crippen LogP contribution is 2.15. The largest absolute Gasteiger partial charge is 0.497 e. The first-order valence-corrected chi connectivity index (χ1v) is 9.78.